The van der Waals surface area contributed by atoms with Gasteiger partial charge in [-0.2, -0.15) is 0 Å². The van der Waals surface area contributed by atoms with Gasteiger partial charge in [-0.1, -0.05) is 12.2 Å². The summed E-state index contributed by atoms with van der Waals surface area (Å²) >= 11 is 0. The molecule has 0 aromatic rings. The standard InChI is InChI=1S/C17H21FN2O3/c18-13-6-8-20(9-13)17-12(3-2-7-19-17)11-23-16-5-1-4-15(22)14(16)10-21/h1-2,5,7,10,12-13,15,22H,3-4,6,8-9,11H2. The Balaban J connectivity index is 1.67. The summed E-state index contributed by atoms with van der Waals surface area (Å²) in [5, 5.41) is 9.82. The number of aliphatic hydroxyl groups is 1. The highest BCUT2D eigenvalue weighted by atomic mass is 19.1. The molecular weight excluding hydrogens is 299 g/mol. The van der Waals surface area contributed by atoms with Crippen molar-refractivity contribution >= 4 is 12.1 Å². The number of hydrogen-bond donors (Lipinski definition) is 1. The van der Waals surface area contributed by atoms with Crippen LogP contribution in [0.2, 0.25) is 0 Å². The van der Waals surface area contributed by atoms with E-state index in [9.17, 15) is 14.3 Å². The number of allylic oxidation sites excluding steroid dienone is 2. The fourth-order valence-corrected chi connectivity index (χ4v) is 3.12. The van der Waals surface area contributed by atoms with E-state index in [1.54, 1.807) is 18.4 Å². The Morgan fingerprint density at radius 2 is 2.30 bits per heavy atom. The molecule has 1 aliphatic carbocycles. The summed E-state index contributed by atoms with van der Waals surface area (Å²) in [6, 6.07) is 0. The summed E-state index contributed by atoms with van der Waals surface area (Å²) in [4.78, 5) is 17.5. The topological polar surface area (TPSA) is 62.1 Å². The first-order chi connectivity index (χ1) is 11.2. The number of carbonyl (C=O) groups is 1. The van der Waals surface area contributed by atoms with Gasteiger partial charge in [-0.05, 0) is 25.3 Å². The number of alkyl halides is 1. The van der Waals surface area contributed by atoms with E-state index in [0.29, 0.717) is 44.6 Å². The first-order valence-corrected chi connectivity index (χ1v) is 7.97. The first kappa shape index (κ1) is 15.9. The summed E-state index contributed by atoms with van der Waals surface area (Å²) in [6.45, 7) is 1.40. The number of carbonyl (C=O) groups excluding carboxylic acids is 1. The van der Waals surface area contributed by atoms with Crippen LogP contribution in [0.25, 0.3) is 0 Å². The number of aliphatic imine (C=N–C) groups is 1. The number of aliphatic hydroxyl groups excluding tert-OH is 1. The predicted octanol–water partition coefficient (Wildman–Crippen LogP) is 1.75. The third-order valence-corrected chi connectivity index (χ3v) is 4.39. The number of hydrogen-bond acceptors (Lipinski definition) is 5. The zero-order valence-corrected chi connectivity index (χ0v) is 12.9. The lowest BCUT2D eigenvalue weighted by Crippen LogP contribution is -2.37. The zero-order valence-electron chi connectivity index (χ0n) is 12.9. The van der Waals surface area contributed by atoms with Crippen LogP contribution >= 0.6 is 0 Å². The van der Waals surface area contributed by atoms with Gasteiger partial charge in [0.2, 0.25) is 0 Å². The van der Waals surface area contributed by atoms with Crippen LogP contribution in [0.5, 0.6) is 0 Å². The lowest BCUT2D eigenvalue weighted by molar-refractivity contribution is -0.106. The summed E-state index contributed by atoms with van der Waals surface area (Å²) in [6.07, 6.45) is 7.98. The van der Waals surface area contributed by atoms with E-state index in [-0.39, 0.29) is 11.5 Å². The molecule has 2 aliphatic heterocycles. The second-order valence-electron chi connectivity index (χ2n) is 6.04. The normalized spacial score (nSPS) is 30.6. The van der Waals surface area contributed by atoms with Crippen molar-refractivity contribution in [3.63, 3.8) is 0 Å². The molecule has 1 saturated heterocycles. The smallest absolute Gasteiger partial charge is 0.152 e. The van der Waals surface area contributed by atoms with Crippen molar-refractivity contribution in [1.82, 2.24) is 4.90 Å². The van der Waals surface area contributed by atoms with E-state index >= 15 is 0 Å². The lowest BCUT2D eigenvalue weighted by Gasteiger charge is -2.29. The monoisotopic (exact) mass is 320 g/mol. The van der Waals surface area contributed by atoms with Gasteiger partial charge in [-0.15, -0.1) is 0 Å². The zero-order chi connectivity index (χ0) is 16.2. The number of ether oxygens (including phenoxy) is 1. The Morgan fingerprint density at radius 1 is 1.43 bits per heavy atom. The van der Waals surface area contributed by atoms with E-state index < -0.39 is 12.3 Å². The fourth-order valence-electron chi connectivity index (χ4n) is 3.12. The van der Waals surface area contributed by atoms with Crippen LogP contribution in [0.4, 0.5) is 4.39 Å². The highest BCUT2D eigenvalue weighted by molar-refractivity contribution is 5.86. The van der Waals surface area contributed by atoms with Gasteiger partial charge in [0.05, 0.1) is 30.7 Å². The van der Waals surface area contributed by atoms with Gasteiger partial charge in [0.25, 0.3) is 0 Å². The molecule has 0 aromatic carbocycles. The Morgan fingerprint density at radius 3 is 3.04 bits per heavy atom. The van der Waals surface area contributed by atoms with Crippen LogP contribution in [0, 0.1) is 5.92 Å². The molecule has 1 N–H and O–H groups in total. The van der Waals surface area contributed by atoms with Crippen LogP contribution in [0.3, 0.4) is 0 Å². The quantitative estimate of drug-likeness (QED) is 0.802. The lowest BCUT2D eigenvalue weighted by atomic mass is 10.0. The predicted molar refractivity (Wildman–Crippen MR) is 84.6 cm³/mol. The molecule has 5 nitrogen and oxygen atoms in total. The van der Waals surface area contributed by atoms with Crippen molar-refractivity contribution in [2.24, 2.45) is 10.9 Å². The molecule has 2 heterocycles. The third kappa shape index (κ3) is 3.52. The average Bonchev–Trinajstić information content (AvgIpc) is 2.99. The molecule has 124 valence electrons. The molecule has 23 heavy (non-hydrogen) atoms. The van der Waals surface area contributed by atoms with Crippen molar-refractivity contribution in [3.05, 3.63) is 35.8 Å². The van der Waals surface area contributed by atoms with Crippen LogP contribution in [0.1, 0.15) is 19.3 Å². The Hall–Kier alpha value is -1.95. The molecule has 3 atom stereocenters. The summed E-state index contributed by atoms with van der Waals surface area (Å²) < 4.78 is 19.2. The SMILES string of the molecule is O=CC1=C(OCC2CC=CN=C2N2CCC(F)C2)C=CCC1O. The highest BCUT2D eigenvalue weighted by Gasteiger charge is 2.30. The number of likely N-dealkylation sites (tertiary alicyclic amines) is 1. The average molecular weight is 320 g/mol. The van der Waals surface area contributed by atoms with Gasteiger partial charge in [0, 0.05) is 12.7 Å². The van der Waals surface area contributed by atoms with E-state index in [1.807, 2.05) is 11.0 Å². The molecule has 3 unspecified atom stereocenters. The number of aldehydes is 1. The van der Waals surface area contributed by atoms with Crippen molar-refractivity contribution in [1.29, 1.82) is 0 Å². The number of rotatable bonds is 4. The minimum Gasteiger partial charge on any atom is -0.492 e. The minimum absolute atomic E-state index is 0.0261. The van der Waals surface area contributed by atoms with Gasteiger partial charge in [-0.25, -0.2) is 9.38 Å². The largest absolute Gasteiger partial charge is 0.492 e. The molecular formula is C17H21FN2O3. The first-order valence-electron chi connectivity index (χ1n) is 7.97. The molecule has 0 aromatic heterocycles. The van der Waals surface area contributed by atoms with E-state index in [4.69, 9.17) is 4.74 Å². The Bertz CT molecular complexity index is 582. The maximum atomic E-state index is 13.4. The maximum absolute atomic E-state index is 13.4. The molecule has 0 bridgehead atoms. The van der Waals surface area contributed by atoms with Crippen LogP contribution < -0.4 is 0 Å². The molecule has 1 fully saturated rings. The Kier molecular flexibility index (Phi) is 4.91. The maximum Gasteiger partial charge on any atom is 0.152 e. The number of halogens is 1. The fraction of sp³-hybridized carbons (Fsp3) is 0.529. The molecule has 6 heteroatoms. The van der Waals surface area contributed by atoms with Crippen molar-refractivity contribution in [2.75, 3.05) is 19.7 Å². The third-order valence-electron chi connectivity index (χ3n) is 4.39. The number of amidine groups is 1. The molecule has 3 aliphatic rings. The molecule has 3 rings (SSSR count). The van der Waals surface area contributed by atoms with E-state index in [0.717, 1.165) is 12.3 Å². The summed E-state index contributed by atoms with van der Waals surface area (Å²) in [5.74, 6) is 1.29. The van der Waals surface area contributed by atoms with Gasteiger partial charge in [0.15, 0.2) is 6.29 Å². The van der Waals surface area contributed by atoms with Gasteiger partial charge < -0.3 is 14.7 Å². The molecule has 0 saturated carbocycles. The Labute approximate surface area is 134 Å². The number of nitrogens with zero attached hydrogens (tertiary/aromatic N) is 2. The van der Waals surface area contributed by atoms with E-state index in [2.05, 4.69) is 4.99 Å². The van der Waals surface area contributed by atoms with Gasteiger partial charge >= 0.3 is 0 Å². The van der Waals surface area contributed by atoms with Crippen LogP contribution in [-0.2, 0) is 9.53 Å². The van der Waals surface area contributed by atoms with Gasteiger partial charge in [-0.3, -0.25) is 4.79 Å². The highest BCUT2D eigenvalue weighted by Crippen LogP contribution is 2.24. The van der Waals surface area contributed by atoms with Crippen molar-refractivity contribution in [3.8, 4) is 0 Å². The minimum atomic E-state index is -0.808. The van der Waals surface area contributed by atoms with Crippen LogP contribution in [0.15, 0.2) is 40.8 Å². The van der Waals surface area contributed by atoms with Gasteiger partial charge in [0.1, 0.15) is 17.8 Å². The molecule has 0 spiro atoms. The second kappa shape index (κ2) is 7.08. The second-order valence-corrected chi connectivity index (χ2v) is 6.04. The van der Waals surface area contributed by atoms with Crippen molar-refractivity contribution < 1.29 is 19.0 Å². The van der Waals surface area contributed by atoms with Crippen molar-refractivity contribution in [2.45, 2.75) is 31.5 Å². The summed E-state index contributed by atoms with van der Waals surface area (Å²) in [5.41, 5.74) is 0.280. The summed E-state index contributed by atoms with van der Waals surface area (Å²) in [7, 11) is 0. The van der Waals surface area contributed by atoms with E-state index in [1.165, 1.54) is 0 Å². The molecule has 0 radical (unpaired) electrons. The molecule has 0 amide bonds. The van der Waals surface area contributed by atoms with Crippen LogP contribution in [-0.4, -0.2) is 54.1 Å².